The van der Waals surface area contributed by atoms with E-state index in [1.807, 2.05) is 31.5 Å². The van der Waals surface area contributed by atoms with Gasteiger partial charge in [-0.2, -0.15) is 21.4 Å². The van der Waals surface area contributed by atoms with Crippen molar-refractivity contribution in [3.05, 3.63) is 94.7 Å². The molecule has 0 saturated carbocycles. The Bertz CT molecular complexity index is 2280. The normalized spacial score (nSPS) is 20.1. The highest BCUT2D eigenvalue weighted by Crippen LogP contribution is 2.41. The highest BCUT2D eigenvalue weighted by molar-refractivity contribution is 7.86. The van der Waals surface area contributed by atoms with Gasteiger partial charge in [0.15, 0.2) is 5.71 Å². The number of nitrogens with zero attached hydrogens (tertiary/aromatic N) is 3. The molecular weight excluding hydrogens is 735 g/mol. The van der Waals surface area contributed by atoms with Crippen LogP contribution < -0.4 is 4.90 Å². The SMILES string of the molecule is C[N+]1=C(/C=C/C2=CC(=C/C=C3/Cc4cc(S(=O)(=O)O)ccc4N3CCCCCC(=O)ON3C(=O)CCC3=O)/CCC2)C(C)(C)c2cc(S(=O)(=O)O)ccc21. The Labute approximate surface area is 315 Å². The van der Waals surface area contributed by atoms with Crippen molar-refractivity contribution in [1.82, 2.24) is 5.06 Å². The molecule has 13 nitrogen and oxygen atoms in total. The fourth-order valence-corrected chi connectivity index (χ4v) is 8.55. The first-order chi connectivity index (χ1) is 25.4. The topological polar surface area (TPSA) is 179 Å². The van der Waals surface area contributed by atoms with E-state index in [1.54, 1.807) is 12.1 Å². The second kappa shape index (κ2) is 15.2. The van der Waals surface area contributed by atoms with Crippen molar-refractivity contribution in [2.45, 2.75) is 93.3 Å². The van der Waals surface area contributed by atoms with E-state index in [2.05, 4.69) is 29.2 Å². The molecule has 0 atom stereocenters. The van der Waals surface area contributed by atoms with Crippen molar-refractivity contribution >= 4 is 55.1 Å². The number of fused-ring (bicyclic) bond motifs is 2. The number of carbonyl (C=O) groups excluding carboxylic acids is 3. The van der Waals surface area contributed by atoms with Crippen molar-refractivity contribution in [3.8, 4) is 0 Å². The summed E-state index contributed by atoms with van der Waals surface area (Å²) >= 11 is 0. The molecule has 2 aromatic rings. The summed E-state index contributed by atoms with van der Waals surface area (Å²) in [6, 6.07) is 9.22. The molecule has 0 spiro atoms. The summed E-state index contributed by atoms with van der Waals surface area (Å²) in [5.74, 6) is -1.67. The smallest absolute Gasteiger partial charge is 0.333 e. The molecule has 6 rings (SSSR count). The van der Waals surface area contributed by atoms with Gasteiger partial charge in [-0.3, -0.25) is 18.7 Å². The van der Waals surface area contributed by atoms with Crippen molar-refractivity contribution < 1.29 is 49.7 Å². The number of hydrogen-bond acceptors (Lipinski definition) is 9. The Hall–Kier alpha value is -4.70. The average Bonchev–Trinajstić information content (AvgIpc) is 3.69. The van der Waals surface area contributed by atoms with Gasteiger partial charge in [0, 0.05) is 61.3 Å². The molecule has 0 unspecified atom stereocenters. The Morgan fingerprint density at radius 3 is 2.28 bits per heavy atom. The molecule has 0 bridgehead atoms. The molecule has 1 fully saturated rings. The Morgan fingerprint density at radius 2 is 1.57 bits per heavy atom. The second-order valence-corrected chi connectivity index (χ2v) is 17.3. The van der Waals surface area contributed by atoms with Crippen molar-refractivity contribution in [2.24, 2.45) is 0 Å². The van der Waals surface area contributed by atoms with Gasteiger partial charge in [-0.1, -0.05) is 24.6 Å². The summed E-state index contributed by atoms with van der Waals surface area (Å²) in [4.78, 5) is 42.5. The Kier molecular flexibility index (Phi) is 11.0. The maximum atomic E-state index is 12.2. The zero-order valence-electron chi connectivity index (χ0n) is 30.4. The van der Waals surface area contributed by atoms with Gasteiger partial charge in [0.1, 0.15) is 7.05 Å². The van der Waals surface area contributed by atoms with E-state index in [1.165, 1.54) is 24.3 Å². The fourth-order valence-electron chi connectivity index (χ4n) is 7.51. The summed E-state index contributed by atoms with van der Waals surface area (Å²) in [7, 11) is -6.78. The van der Waals surface area contributed by atoms with Crippen LogP contribution >= 0.6 is 0 Å². The van der Waals surface area contributed by atoms with E-state index >= 15 is 0 Å². The number of imide groups is 1. The standard InChI is InChI=1S/C39H43N3O10S2/c1-39(2)32-25-31(54(49,50)51)15-17-34(32)40(3)35(39)18-12-27-9-7-8-26(22-27)11-13-29-23-28-24-30(53(46,47)48)14-16-33(28)41(29)21-6-4-5-10-38(45)52-42-36(43)19-20-37(42)44/h11-18,22,24-25H,4-10,19-21,23H2,1-3H3,(H-,46,47,48,49,50,51)/p+1. The van der Waals surface area contributed by atoms with Gasteiger partial charge in [-0.15, -0.1) is 5.06 Å². The largest absolute Gasteiger partial charge is 0.345 e. The minimum Gasteiger partial charge on any atom is -0.345 e. The van der Waals surface area contributed by atoms with Gasteiger partial charge < -0.3 is 9.74 Å². The van der Waals surface area contributed by atoms with Crippen LogP contribution in [0.15, 0.2) is 93.4 Å². The van der Waals surface area contributed by atoms with E-state index in [-0.39, 0.29) is 29.1 Å². The van der Waals surface area contributed by atoms with Gasteiger partial charge in [0.2, 0.25) is 5.69 Å². The van der Waals surface area contributed by atoms with Crippen LogP contribution in [0.2, 0.25) is 0 Å². The maximum absolute atomic E-state index is 12.2. The number of allylic oxidation sites excluding steroid dienone is 8. The summed E-state index contributed by atoms with van der Waals surface area (Å²) in [5.41, 5.74) is 6.99. The predicted molar refractivity (Wildman–Crippen MR) is 200 cm³/mol. The molecule has 3 heterocycles. The van der Waals surface area contributed by atoms with Crippen molar-refractivity contribution in [3.63, 3.8) is 0 Å². The van der Waals surface area contributed by atoms with Crippen LogP contribution in [0.25, 0.3) is 0 Å². The third-order valence-electron chi connectivity index (χ3n) is 10.4. The first-order valence-corrected chi connectivity index (χ1v) is 20.8. The average molecular weight is 779 g/mol. The summed E-state index contributed by atoms with van der Waals surface area (Å²) < 4.78 is 68.7. The third-order valence-corrected chi connectivity index (χ3v) is 12.1. The maximum Gasteiger partial charge on any atom is 0.333 e. The second-order valence-electron chi connectivity index (χ2n) is 14.5. The number of unbranched alkanes of at least 4 members (excludes halogenated alkanes) is 2. The number of amides is 2. The Balaban J connectivity index is 1.16. The molecule has 54 heavy (non-hydrogen) atoms. The number of benzene rings is 2. The number of hydroxylamine groups is 2. The molecule has 1 aliphatic carbocycles. The van der Waals surface area contributed by atoms with Crippen LogP contribution in [0.4, 0.5) is 11.4 Å². The summed E-state index contributed by atoms with van der Waals surface area (Å²) in [6.45, 7) is 4.64. The lowest BCUT2D eigenvalue weighted by atomic mass is 9.81. The lowest BCUT2D eigenvalue weighted by Crippen LogP contribution is -2.31. The zero-order chi connectivity index (χ0) is 39.0. The van der Waals surface area contributed by atoms with E-state index in [0.717, 1.165) is 64.3 Å². The molecule has 2 amide bonds. The molecule has 0 aromatic heterocycles. The lowest BCUT2D eigenvalue weighted by Gasteiger charge is -2.22. The van der Waals surface area contributed by atoms with Gasteiger partial charge in [-0.05, 0) is 99.1 Å². The van der Waals surface area contributed by atoms with Crippen molar-refractivity contribution in [2.75, 3.05) is 18.5 Å². The predicted octanol–water partition coefficient (Wildman–Crippen LogP) is 5.89. The first kappa shape index (κ1) is 39.0. The highest BCUT2D eigenvalue weighted by Gasteiger charge is 2.43. The molecule has 2 N–H and O–H groups in total. The van der Waals surface area contributed by atoms with Crippen LogP contribution in [0.3, 0.4) is 0 Å². The van der Waals surface area contributed by atoms with E-state index in [4.69, 9.17) is 4.84 Å². The van der Waals surface area contributed by atoms with Crippen LogP contribution in [0.1, 0.15) is 82.8 Å². The molecule has 2 aromatic carbocycles. The van der Waals surface area contributed by atoms with Gasteiger partial charge in [-0.25, -0.2) is 4.79 Å². The van der Waals surface area contributed by atoms with Gasteiger partial charge in [0.05, 0.1) is 15.2 Å². The van der Waals surface area contributed by atoms with Crippen LogP contribution in [-0.2, 0) is 51.3 Å². The summed E-state index contributed by atoms with van der Waals surface area (Å²) in [5, 5.41) is 0.552. The number of anilines is 1. The molecule has 0 radical (unpaired) electrons. The monoisotopic (exact) mass is 778 g/mol. The quantitative estimate of drug-likeness (QED) is 0.114. The van der Waals surface area contributed by atoms with Crippen LogP contribution in [0.5, 0.6) is 0 Å². The molecule has 4 aliphatic rings. The number of carbonyl (C=O) groups is 3. The van der Waals surface area contributed by atoms with E-state index in [9.17, 15) is 40.3 Å². The molecule has 1 saturated heterocycles. The van der Waals surface area contributed by atoms with Crippen LogP contribution in [-0.4, -0.2) is 72.7 Å². The van der Waals surface area contributed by atoms with Crippen molar-refractivity contribution in [1.29, 1.82) is 0 Å². The van der Waals surface area contributed by atoms with Gasteiger partial charge >= 0.3 is 5.97 Å². The molecule has 15 heteroatoms. The third kappa shape index (κ3) is 8.33. The van der Waals surface area contributed by atoms with Gasteiger partial charge in [0.25, 0.3) is 32.1 Å². The molecule has 286 valence electrons. The Morgan fingerprint density at radius 1 is 0.889 bits per heavy atom. The summed E-state index contributed by atoms with van der Waals surface area (Å²) in [6.07, 6.45) is 15.6. The van der Waals surface area contributed by atoms with Crippen LogP contribution in [0, 0.1) is 0 Å². The fraction of sp³-hybridized carbons (Fsp3) is 0.385. The lowest BCUT2D eigenvalue weighted by molar-refractivity contribution is -0.401. The minimum absolute atomic E-state index is 0.0358. The zero-order valence-corrected chi connectivity index (χ0v) is 32.1. The highest BCUT2D eigenvalue weighted by atomic mass is 32.2. The minimum atomic E-state index is -4.38. The first-order valence-electron chi connectivity index (χ1n) is 17.9. The number of hydrogen-bond donors (Lipinski definition) is 2. The molecular formula is C39H44N3O10S2+. The van der Waals surface area contributed by atoms with E-state index in [0.29, 0.717) is 37.3 Å². The van der Waals surface area contributed by atoms with E-state index < -0.39 is 43.4 Å². The molecule has 3 aliphatic heterocycles. The number of rotatable bonds is 12.